The van der Waals surface area contributed by atoms with Crippen LogP contribution >= 0.6 is 0 Å². The molecule has 7 nitrogen and oxygen atoms in total. The molecular weight excluding hydrogens is 196 g/mol. The first-order valence-electron chi connectivity index (χ1n) is 4.40. The molecule has 0 spiro atoms. The van der Waals surface area contributed by atoms with Gasteiger partial charge in [-0.2, -0.15) is 0 Å². The number of hydrogen-bond donors (Lipinski definition) is 3. The summed E-state index contributed by atoms with van der Waals surface area (Å²) in [6.45, 7) is 0.168. The summed E-state index contributed by atoms with van der Waals surface area (Å²) in [4.78, 5) is 25.9. The predicted molar refractivity (Wildman–Crippen MR) is 54.2 cm³/mol. The molecule has 0 aliphatic heterocycles. The first-order valence-corrected chi connectivity index (χ1v) is 4.40. The first kappa shape index (κ1) is 9.38. The number of H-pyrrole nitrogens is 1. The third-order valence-corrected chi connectivity index (χ3v) is 1.92. The fourth-order valence-corrected chi connectivity index (χ4v) is 1.15. The quantitative estimate of drug-likeness (QED) is 0.629. The van der Waals surface area contributed by atoms with Crippen LogP contribution < -0.4 is 10.6 Å². The Morgan fingerprint density at radius 1 is 1.47 bits per heavy atom. The molecule has 3 N–H and O–H groups in total. The number of anilines is 1. The summed E-state index contributed by atoms with van der Waals surface area (Å²) in [5.41, 5.74) is 1.27. The molecule has 15 heavy (non-hydrogen) atoms. The van der Waals surface area contributed by atoms with Crippen molar-refractivity contribution in [3.63, 3.8) is 0 Å². The lowest BCUT2D eigenvalue weighted by Gasteiger charge is -2.04. The Morgan fingerprint density at radius 3 is 3.13 bits per heavy atom. The third-order valence-electron chi connectivity index (χ3n) is 1.92. The van der Waals surface area contributed by atoms with E-state index >= 15 is 0 Å². The first-order chi connectivity index (χ1) is 7.31. The second-order valence-corrected chi connectivity index (χ2v) is 2.85. The van der Waals surface area contributed by atoms with Gasteiger partial charge in [0.15, 0.2) is 11.5 Å². The topological polar surface area (TPSA) is 95.6 Å². The van der Waals surface area contributed by atoms with Gasteiger partial charge in [-0.25, -0.2) is 15.0 Å². The van der Waals surface area contributed by atoms with Gasteiger partial charge in [-0.1, -0.05) is 0 Å². The van der Waals surface area contributed by atoms with Gasteiger partial charge in [-0.05, 0) is 0 Å². The van der Waals surface area contributed by atoms with E-state index in [4.69, 9.17) is 0 Å². The number of amides is 1. The molecule has 0 fully saturated rings. The number of nitrogens with zero attached hydrogens (tertiary/aromatic N) is 3. The van der Waals surface area contributed by atoms with Crippen LogP contribution in [0.15, 0.2) is 12.7 Å². The van der Waals surface area contributed by atoms with Crippen molar-refractivity contribution in [3.8, 4) is 0 Å². The predicted octanol–water partition coefficient (Wildman–Crippen LogP) is -0.489. The number of aromatic nitrogens is 4. The minimum Gasteiger partial charge on any atom is -0.359 e. The monoisotopic (exact) mass is 206 g/mol. The highest BCUT2D eigenvalue weighted by Gasteiger charge is 2.05. The Hall–Kier alpha value is -2.18. The van der Waals surface area contributed by atoms with Crippen LogP contribution in [0.1, 0.15) is 0 Å². The smallest absolute Gasteiger partial charge is 0.239 e. The van der Waals surface area contributed by atoms with Crippen molar-refractivity contribution >= 4 is 22.9 Å². The largest absolute Gasteiger partial charge is 0.359 e. The minimum atomic E-state index is -0.110. The zero-order valence-electron chi connectivity index (χ0n) is 8.11. The van der Waals surface area contributed by atoms with Gasteiger partial charge >= 0.3 is 0 Å². The van der Waals surface area contributed by atoms with Gasteiger partial charge in [-0.3, -0.25) is 4.79 Å². The molecular formula is C8H10N6O. The van der Waals surface area contributed by atoms with Crippen LogP contribution in [0.4, 0.5) is 5.82 Å². The van der Waals surface area contributed by atoms with E-state index < -0.39 is 0 Å². The zero-order valence-corrected chi connectivity index (χ0v) is 8.11. The Labute approximate surface area is 85.3 Å². The molecule has 0 unspecified atom stereocenters. The maximum atomic E-state index is 11.0. The zero-order chi connectivity index (χ0) is 10.7. The fraction of sp³-hybridized carbons (Fsp3) is 0.250. The number of fused-ring (bicyclic) bond motifs is 1. The van der Waals surface area contributed by atoms with Crippen molar-refractivity contribution in [1.29, 1.82) is 0 Å². The minimum absolute atomic E-state index is 0.110. The van der Waals surface area contributed by atoms with E-state index in [0.717, 1.165) is 0 Å². The number of likely N-dealkylation sites (N-methyl/N-ethyl adjacent to an activating group) is 1. The third kappa shape index (κ3) is 1.85. The molecule has 2 aromatic rings. The molecule has 0 aliphatic carbocycles. The lowest BCUT2D eigenvalue weighted by molar-refractivity contribution is -0.118. The molecule has 1 amide bonds. The van der Waals surface area contributed by atoms with E-state index in [1.807, 2.05) is 0 Å². The molecule has 2 rings (SSSR count). The van der Waals surface area contributed by atoms with Gasteiger partial charge in [0.25, 0.3) is 0 Å². The summed E-state index contributed by atoms with van der Waals surface area (Å²) < 4.78 is 0. The van der Waals surface area contributed by atoms with Crippen molar-refractivity contribution in [2.24, 2.45) is 0 Å². The van der Waals surface area contributed by atoms with Crippen molar-refractivity contribution in [1.82, 2.24) is 25.3 Å². The van der Waals surface area contributed by atoms with Crippen molar-refractivity contribution in [2.75, 3.05) is 18.9 Å². The van der Waals surface area contributed by atoms with E-state index in [1.54, 1.807) is 7.05 Å². The number of carbonyl (C=O) groups excluding carboxylic acids is 1. The second kappa shape index (κ2) is 3.91. The molecule has 0 aromatic carbocycles. The average Bonchev–Trinajstić information content (AvgIpc) is 2.74. The lowest BCUT2D eigenvalue weighted by Crippen LogP contribution is -2.26. The molecule has 0 aliphatic rings. The van der Waals surface area contributed by atoms with Crippen LogP contribution in [0, 0.1) is 0 Å². The maximum absolute atomic E-state index is 11.0. The van der Waals surface area contributed by atoms with E-state index in [1.165, 1.54) is 12.7 Å². The number of carbonyl (C=O) groups is 1. The van der Waals surface area contributed by atoms with Gasteiger partial charge in [0.2, 0.25) is 5.91 Å². The van der Waals surface area contributed by atoms with E-state index in [2.05, 4.69) is 30.6 Å². The Balaban J connectivity index is 2.20. The van der Waals surface area contributed by atoms with Crippen LogP contribution in [0.3, 0.4) is 0 Å². The van der Waals surface area contributed by atoms with Crippen LogP contribution in [-0.4, -0.2) is 39.4 Å². The van der Waals surface area contributed by atoms with Crippen molar-refractivity contribution in [3.05, 3.63) is 12.7 Å². The highest BCUT2D eigenvalue weighted by atomic mass is 16.1. The number of imidazole rings is 1. The Bertz CT molecular complexity index is 479. The number of hydrogen-bond acceptors (Lipinski definition) is 5. The SMILES string of the molecule is CNC(=O)CNc1ncnc2nc[nH]c12. The second-order valence-electron chi connectivity index (χ2n) is 2.85. The van der Waals surface area contributed by atoms with Gasteiger partial charge in [0.05, 0.1) is 12.9 Å². The van der Waals surface area contributed by atoms with E-state index in [-0.39, 0.29) is 12.5 Å². The van der Waals surface area contributed by atoms with Crippen molar-refractivity contribution < 1.29 is 4.79 Å². The molecule has 2 heterocycles. The summed E-state index contributed by atoms with van der Waals surface area (Å²) in [6.07, 6.45) is 2.93. The molecule has 78 valence electrons. The van der Waals surface area contributed by atoms with Gasteiger partial charge in [0, 0.05) is 7.05 Å². The van der Waals surface area contributed by atoms with E-state index in [0.29, 0.717) is 17.0 Å². The van der Waals surface area contributed by atoms with Crippen LogP contribution in [0.25, 0.3) is 11.2 Å². The Kier molecular flexibility index (Phi) is 2.44. The molecule has 0 radical (unpaired) electrons. The van der Waals surface area contributed by atoms with Crippen LogP contribution in [0.2, 0.25) is 0 Å². The number of aromatic amines is 1. The molecule has 0 saturated heterocycles. The van der Waals surface area contributed by atoms with Gasteiger partial charge < -0.3 is 15.6 Å². The highest BCUT2D eigenvalue weighted by molar-refractivity contribution is 5.86. The average molecular weight is 206 g/mol. The van der Waals surface area contributed by atoms with Crippen LogP contribution in [0.5, 0.6) is 0 Å². The van der Waals surface area contributed by atoms with Crippen LogP contribution in [-0.2, 0) is 4.79 Å². The summed E-state index contributed by atoms with van der Waals surface area (Å²) in [5, 5.41) is 5.40. The summed E-state index contributed by atoms with van der Waals surface area (Å²) in [7, 11) is 1.58. The molecule has 7 heteroatoms. The molecule has 2 aromatic heterocycles. The highest BCUT2D eigenvalue weighted by Crippen LogP contribution is 2.13. The summed E-state index contributed by atoms with van der Waals surface area (Å²) in [6, 6.07) is 0. The standard InChI is InChI=1S/C8H10N6O/c1-9-5(15)2-10-7-6-8(12-3-11-6)14-4-13-7/h3-4H,2H2,1H3,(H,9,15)(H2,10,11,12,13,14). The molecule has 0 bridgehead atoms. The number of nitrogens with one attached hydrogen (secondary N) is 3. The number of rotatable bonds is 3. The molecule has 0 saturated carbocycles. The van der Waals surface area contributed by atoms with Gasteiger partial charge in [0.1, 0.15) is 11.8 Å². The summed E-state index contributed by atoms with van der Waals surface area (Å²) >= 11 is 0. The normalized spacial score (nSPS) is 10.2. The lowest BCUT2D eigenvalue weighted by atomic mass is 10.4. The fourth-order valence-electron chi connectivity index (χ4n) is 1.15. The van der Waals surface area contributed by atoms with Crippen molar-refractivity contribution in [2.45, 2.75) is 0 Å². The maximum Gasteiger partial charge on any atom is 0.239 e. The summed E-state index contributed by atoms with van der Waals surface area (Å²) in [5.74, 6) is 0.461. The Morgan fingerprint density at radius 2 is 2.33 bits per heavy atom. The van der Waals surface area contributed by atoms with Gasteiger partial charge in [-0.15, -0.1) is 0 Å². The van der Waals surface area contributed by atoms with E-state index in [9.17, 15) is 4.79 Å². The molecule has 0 atom stereocenters.